The average molecular weight is 569 g/mol. The highest BCUT2D eigenvalue weighted by Crippen LogP contribution is 2.40. The summed E-state index contributed by atoms with van der Waals surface area (Å²) in [5.41, 5.74) is 1.29. The van der Waals surface area contributed by atoms with Gasteiger partial charge in [-0.25, -0.2) is 18.1 Å². The van der Waals surface area contributed by atoms with Gasteiger partial charge in [0, 0.05) is 29.6 Å². The number of hydrogen-bond acceptors (Lipinski definition) is 6. The van der Waals surface area contributed by atoms with Crippen LogP contribution >= 0.6 is 11.3 Å². The Labute approximate surface area is 236 Å². The van der Waals surface area contributed by atoms with Gasteiger partial charge in [0.2, 0.25) is 10.0 Å². The Kier molecular flexibility index (Phi) is 8.42. The second kappa shape index (κ2) is 11.6. The molecule has 1 aliphatic heterocycles. The van der Waals surface area contributed by atoms with Crippen LogP contribution in [0.25, 0.3) is 21.2 Å². The van der Waals surface area contributed by atoms with Gasteiger partial charge < -0.3 is 10.2 Å². The molecule has 2 aromatic carbocycles. The summed E-state index contributed by atoms with van der Waals surface area (Å²) in [5, 5.41) is 5.07. The minimum Gasteiger partial charge on any atom is -0.349 e. The number of rotatable bonds is 9. The molecular weight excluding hydrogens is 528 g/mol. The maximum atomic E-state index is 13.3. The van der Waals surface area contributed by atoms with Crippen molar-refractivity contribution in [1.82, 2.24) is 19.9 Å². The lowest BCUT2D eigenvalue weighted by Crippen LogP contribution is -2.42. The Morgan fingerprint density at radius 2 is 1.74 bits per heavy atom. The van der Waals surface area contributed by atoms with Gasteiger partial charge >= 0.3 is 0 Å². The number of nitrogens with one attached hydrogen (secondary N) is 2. The van der Waals surface area contributed by atoms with E-state index in [2.05, 4.69) is 14.9 Å². The smallest absolute Gasteiger partial charge is 0.280 e. The molecule has 3 aromatic rings. The van der Waals surface area contributed by atoms with Crippen molar-refractivity contribution in [3.63, 3.8) is 0 Å². The third kappa shape index (κ3) is 6.70. The van der Waals surface area contributed by atoms with Crippen molar-refractivity contribution in [2.75, 3.05) is 26.2 Å². The quantitative estimate of drug-likeness (QED) is 0.351. The van der Waals surface area contributed by atoms with Crippen molar-refractivity contribution in [3.8, 4) is 10.4 Å². The van der Waals surface area contributed by atoms with Gasteiger partial charge in [0.1, 0.15) is 0 Å². The van der Waals surface area contributed by atoms with E-state index in [0.717, 1.165) is 47.6 Å². The topological polar surface area (TPSA) is 91.4 Å². The van der Waals surface area contributed by atoms with Gasteiger partial charge in [0.15, 0.2) is 5.01 Å². The molecule has 5 rings (SSSR count). The van der Waals surface area contributed by atoms with Crippen molar-refractivity contribution in [3.05, 3.63) is 47.1 Å². The third-order valence-electron chi connectivity index (χ3n) is 7.62. The van der Waals surface area contributed by atoms with Crippen LogP contribution in [0.2, 0.25) is 0 Å². The van der Waals surface area contributed by atoms with E-state index in [1.54, 1.807) is 6.07 Å². The SMILES string of the molecule is CC(C)(C)NS(=O)(=O)c1ccc(-c2sc(C(=O)NCCN3CCC3)nc2CC2CCCCC2)c2ccccc12. The first kappa shape index (κ1) is 28.2. The Bertz CT molecular complexity index is 1430. The largest absolute Gasteiger partial charge is 0.349 e. The zero-order valence-electron chi connectivity index (χ0n) is 23.3. The van der Waals surface area contributed by atoms with Crippen molar-refractivity contribution in [1.29, 1.82) is 0 Å². The fourth-order valence-electron chi connectivity index (χ4n) is 5.63. The third-order valence-corrected chi connectivity index (χ3v) is 10.6. The van der Waals surface area contributed by atoms with Crippen LogP contribution in [0.1, 0.15) is 74.8 Å². The first-order valence-electron chi connectivity index (χ1n) is 14.2. The van der Waals surface area contributed by atoms with Crippen LogP contribution in [0.3, 0.4) is 0 Å². The highest BCUT2D eigenvalue weighted by molar-refractivity contribution is 7.89. The summed E-state index contributed by atoms with van der Waals surface area (Å²) >= 11 is 1.42. The fourth-order valence-corrected chi connectivity index (χ4v) is 8.31. The molecule has 1 saturated heterocycles. The molecule has 2 N–H and O–H groups in total. The Hall–Kier alpha value is -2.33. The van der Waals surface area contributed by atoms with Crippen molar-refractivity contribution in [2.45, 2.75) is 76.2 Å². The molecule has 1 aromatic heterocycles. The molecule has 2 aliphatic rings. The van der Waals surface area contributed by atoms with Crippen LogP contribution in [-0.4, -0.2) is 55.9 Å². The van der Waals surface area contributed by atoms with Gasteiger partial charge in [-0.3, -0.25) is 4.79 Å². The lowest BCUT2D eigenvalue weighted by molar-refractivity contribution is 0.0940. The number of fused-ring (bicyclic) bond motifs is 1. The van der Waals surface area contributed by atoms with Gasteiger partial charge in [0.25, 0.3) is 5.91 Å². The van der Waals surface area contributed by atoms with E-state index in [-0.39, 0.29) is 10.8 Å². The van der Waals surface area contributed by atoms with Crippen molar-refractivity contribution < 1.29 is 13.2 Å². The molecule has 0 bridgehead atoms. The average Bonchev–Trinajstić information content (AvgIpc) is 3.27. The molecule has 7 nitrogen and oxygen atoms in total. The van der Waals surface area contributed by atoms with Crippen LogP contribution in [0.15, 0.2) is 41.3 Å². The lowest BCUT2D eigenvalue weighted by Gasteiger charge is -2.30. The van der Waals surface area contributed by atoms with Crippen molar-refractivity contribution >= 4 is 38.0 Å². The number of carbonyl (C=O) groups excluding carboxylic acids is 1. The summed E-state index contributed by atoms with van der Waals surface area (Å²) in [4.78, 5) is 21.6. The zero-order chi connectivity index (χ0) is 27.6. The molecule has 9 heteroatoms. The maximum Gasteiger partial charge on any atom is 0.280 e. The number of carbonyl (C=O) groups is 1. The Balaban J connectivity index is 1.52. The van der Waals surface area contributed by atoms with Crippen LogP contribution in [0, 0.1) is 5.92 Å². The summed E-state index contributed by atoms with van der Waals surface area (Å²) in [6, 6.07) is 11.2. The molecule has 0 radical (unpaired) electrons. The first-order chi connectivity index (χ1) is 18.6. The summed E-state index contributed by atoms with van der Waals surface area (Å²) in [5.74, 6) is 0.429. The van der Waals surface area contributed by atoms with Crippen molar-refractivity contribution in [2.24, 2.45) is 5.92 Å². The predicted molar refractivity (Wildman–Crippen MR) is 159 cm³/mol. The van der Waals surface area contributed by atoms with Gasteiger partial charge in [-0.2, -0.15) is 0 Å². The monoisotopic (exact) mass is 568 g/mol. The zero-order valence-corrected chi connectivity index (χ0v) is 24.9. The minimum absolute atomic E-state index is 0.130. The summed E-state index contributed by atoms with van der Waals surface area (Å²) in [7, 11) is -3.73. The maximum absolute atomic E-state index is 13.3. The summed E-state index contributed by atoms with van der Waals surface area (Å²) in [6.07, 6.45) is 8.21. The molecule has 39 heavy (non-hydrogen) atoms. The highest BCUT2D eigenvalue weighted by atomic mass is 32.2. The molecule has 0 spiro atoms. The number of aromatic nitrogens is 1. The summed E-state index contributed by atoms with van der Waals surface area (Å²) < 4.78 is 29.4. The second-order valence-corrected chi connectivity index (χ2v) is 14.6. The normalized spacial score (nSPS) is 17.3. The predicted octanol–water partition coefficient (Wildman–Crippen LogP) is 5.60. The van der Waals surface area contributed by atoms with E-state index in [0.29, 0.717) is 22.9 Å². The number of hydrogen-bond donors (Lipinski definition) is 2. The van der Waals surface area contributed by atoms with E-state index >= 15 is 0 Å². The van der Waals surface area contributed by atoms with Crippen LogP contribution in [-0.2, 0) is 16.4 Å². The number of likely N-dealkylation sites (tertiary alicyclic amines) is 1. The van der Waals surface area contributed by atoms with Gasteiger partial charge in [-0.05, 0) is 64.1 Å². The first-order valence-corrected chi connectivity index (χ1v) is 16.5. The van der Waals surface area contributed by atoms with E-state index in [1.807, 2.05) is 51.1 Å². The van der Waals surface area contributed by atoms with Gasteiger partial charge in [-0.1, -0.05) is 62.4 Å². The molecule has 2 fully saturated rings. The highest BCUT2D eigenvalue weighted by Gasteiger charge is 2.27. The molecule has 0 atom stereocenters. The number of nitrogens with zero attached hydrogens (tertiary/aromatic N) is 2. The molecule has 0 unspecified atom stereocenters. The van der Waals surface area contributed by atoms with Crippen LogP contribution in [0.4, 0.5) is 0 Å². The van der Waals surface area contributed by atoms with Gasteiger partial charge in [0.05, 0.1) is 15.5 Å². The van der Waals surface area contributed by atoms with E-state index < -0.39 is 15.6 Å². The van der Waals surface area contributed by atoms with E-state index in [9.17, 15) is 13.2 Å². The number of thiazole rings is 1. The second-order valence-electron chi connectivity index (χ2n) is 12.0. The molecule has 1 amide bonds. The Morgan fingerprint density at radius 1 is 1.03 bits per heavy atom. The molecule has 1 aliphatic carbocycles. The minimum atomic E-state index is -3.73. The van der Waals surface area contributed by atoms with Gasteiger partial charge in [-0.15, -0.1) is 11.3 Å². The number of amides is 1. The van der Waals surface area contributed by atoms with Crippen LogP contribution < -0.4 is 10.0 Å². The van der Waals surface area contributed by atoms with E-state index in [4.69, 9.17) is 4.98 Å². The summed E-state index contributed by atoms with van der Waals surface area (Å²) in [6.45, 7) is 9.20. The molecule has 210 valence electrons. The number of sulfonamides is 1. The Morgan fingerprint density at radius 3 is 2.41 bits per heavy atom. The molecule has 2 heterocycles. The molecular formula is C30H40N4O3S2. The standard InChI is InChI=1S/C30H40N4O3S2/c1-30(2,3)33-39(36,37)26-15-14-24(22-12-7-8-13-23(22)26)27-25(20-21-10-5-4-6-11-21)32-29(38-27)28(35)31-16-19-34-17-9-18-34/h7-8,12-15,21,33H,4-6,9-11,16-20H2,1-3H3,(H,31,35). The van der Waals surface area contributed by atoms with E-state index in [1.165, 1.54) is 49.9 Å². The fraction of sp³-hybridized carbons (Fsp3) is 0.533. The van der Waals surface area contributed by atoms with Crippen LogP contribution in [0.5, 0.6) is 0 Å². The molecule has 1 saturated carbocycles. The number of benzene rings is 2. The lowest BCUT2D eigenvalue weighted by atomic mass is 9.85.